The molecule has 3 aromatic rings. The number of nitro benzene ring substituents is 1. The van der Waals surface area contributed by atoms with Crippen molar-refractivity contribution in [1.82, 2.24) is 4.98 Å². The predicted molar refractivity (Wildman–Crippen MR) is 118 cm³/mol. The molecule has 0 unspecified atom stereocenters. The first-order valence-corrected chi connectivity index (χ1v) is 10.1. The standard InChI is InChI=1S/C22H18N4O4S/c1-14-3-7-17(11-20(14)26(28)29)24-21(27)13-31-22-16(12-23)6-10-19(25-22)15-4-8-18(30-2)9-5-15/h3-11H,13H2,1-2H3,(H,24,27). The largest absolute Gasteiger partial charge is 0.497 e. The lowest BCUT2D eigenvalue weighted by atomic mass is 10.1. The maximum Gasteiger partial charge on any atom is 0.274 e. The van der Waals surface area contributed by atoms with Gasteiger partial charge in [0.1, 0.15) is 16.8 Å². The summed E-state index contributed by atoms with van der Waals surface area (Å²) in [4.78, 5) is 27.5. The van der Waals surface area contributed by atoms with Crippen molar-refractivity contribution in [1.29, 1.82) is 5.26 Å². The van der Waals surface area contributed by atoms with Crippen molar-refractivity contribution in [2.45, 2.75) is 11.9 Å². The summed E-state index contributed by atoms with van der Waals surface area (Å²) in [6.07, 6.45) is 0. The van der Waals surface area contributed by atoms with Gasteiger partial charge in [-0.1, -0.05) is 17.8 Å². The highest BCUT2D eigenvalue weighted by atomic mass is 32.2. The third kappa shape index (κ3) is 5.38. The Morgan fingerprint density at radius 3 is 2.61 bits per heavy atom. The highest BCUT2D eigenvalue weighted by molar-refractivity contribution is 8.00. The van der Waals surface area contributed by atoms with E-state index in [-0.39, 0.29) is 17.3 Å². The number of aryl methyl sites for hydroxylation is 1. The second-order valence-electron chi connectivity index (χ2n) is 6.48. The highest BCUT2D eigenvalue weighted by Crippen LogP contribution is 2.27. The molecule has 1 amide bonds. The van der Waals surface area contributed by atoms with Gasteiger partial charge in [0.05, 0.1) is 29.0 Å². The number of ether oxygens (including phenoxy) is 1. The first kappa shape index (κ1) is 21.8. The zero-order valence-electron chi connectivity index (χ0n) is 16.8. The number of pyridine rings is 1. The normalized spacial score (nSPS) is 10.2. The second kappa shape index (κ2) is 9.73. The van der Waals surface area contributed by atoms with E-state index in [2.05, 4.69) is 16.4 Å². The molecule has 0 saturated heterocycles. The fraction of sp³-hybridized carbons (Fsp3) is 0.136. The molecule has 2 aromatic carbocycles. The van der Waals surface area contributed by atoms with Crippen LogP contribution < -0.4 is 10.1 Å². The summed E-state index contributed by atoms with van der Waals surface area (Å²) in [6, 6.07) is 17.3. The highest BCUT2D eigenvalue weighted by Gasteiger charge is 2.14. The van der Waals surface area contributed by atoms with Gasteiger partial charge in [0.15, 0.2) is 0 Å². The Bertz CT molecular complexity index is 1170. The van der Waals surface area contributed by atoms with Crippen LogP contribution in [0, 0.1) is 28.4 Å². The monoisotopic (exact) mass is 434 g/mol. The molecule has 0 aliphatic heterocycles. The fourth-order valence-corrected chi connectivity index (χ4v) is 3.55. The third-order valence-electron chi connectivity index (χ3n) is 4.40. The number of amides is 1. The molecular formula is C22H18N4O4S. The van der Waals surface area contributed by atoms with Crippen LogP contribution in [-0.4, -0.2) is 28.7 Å². The van der Waals surface area contributed by atoms with Crippen LogP contribution in [0.1, 0.15) is 11.1 Å². The number of carbonyl (C=O) groups is 1. The van der Waals surface area contributed by atoms with Crippen LogP contribution in [0.2, 0.25) is 0 Å². The lowest BCUT2D eigenvalue weighted by Crippen LogP contribution is -2.14. The quantitative estimate of drug-likeness (QED) is 0.328. The van der Waals surface area contributed by atoms with Gasteiger partial charge in [0, 0.05) is 22.9 Å². The minimum absolute atomic E-state index is 0.00454. The molecule has 1 aromatic heterocycles. The van der Waals surface area contributed by atoms with Crippen molar-refractivity contribution >= 4 is 29.0 Å². The van der Waals surface area contributed by atoms with Crippen LogP contribution in [-0.2, 0) is 4.79 Å². The summed E-state index contributed by atoms with van der Waals surface area (Å²) < 4.78 is 5.16. The molecule has 0 saturated carbocycles. The molecule has 8 nitrogen and oxygen atoms in total. The van der Waals surface area contributed by atoms with Crippen LogP contribution in [0.5, 0.6) is 5.75 Å². The number of benzene rings is 2. The molecule has 31 heavy (non-hydrogen) atoms. The molecule has 0 spiro atoms. The Balaban J connectivity index is 1.73. The summed E-state index contributed by atoms with van der Waals surface area (Å²) in [6.45, 7) is 1.63. The summed E-state index contributed by atoms with van der Waals surface area (Å²) >= 11 is 1.12. The molecular weight excluding hydrogens is 416 g/mol. The molecule has 9 heteroatoms. The number of nitro groups is 1. The van der Waals surface area contributed by atoms with Crippen molar-refractivity contribution in [3.05, 3.63) is 75.8 Å². The van der Waals surface area contributed by atoms with E-state index < -0.39 is 4.92 Å². The number of thioether (sulfide) groups is 1. The molecule has 156 valence electrons. The van der Waals surface area contributed by atoms with Gasteiger partial charge in [-0.2, -0.15) is 5.26 Å². The minimum Gasteiger partial charge on any atom is -0.497 e. The van der Waals surface area contributed by atoms with Gasteiger partial charge in [-0.25, -0.2) is 4.98 Å². The fourth-order valence-electron chi connectivity index (χ4n) is 2.77. The summed E-state index contributed by atoms with van der Waals surface area (Å²) in [5.41, 5.74) is 2.66. The summed E-state index contributed by atoms with van der Waals surface area (Å²) in [5.74, 6) is 0.360. The van der Waals surface area contributed by atoms with Crippen molar-refractivity contribution in [3.63, 3.8) is 0 Å². The maximum absolute atomic E-state index is 12.4. The Morgan fingerprint density at radius 2 is 1.97 bits per heavy atom. The third-order valence-corrected chi connectivity index (χ3v) is 5.39. The average Bonchev–Trinajstić information content (AvgIpc) is 2.78. The molecule has 0 fully saturated rings. The van der Waals surface area contributed by atoms with Gasteiger partial charge in [0.25, 0.3) is 5.69 Å². The number of hydrogen-bond acceptors (Lipinski definition) is 7. The van der Waals surface area contributed by atoms with E-state index in [0.717, 1.165) is 23.1 Å². The Labute approximate surface area is 183 Å². The Kier molecular flexibility index (Phi) is 6.85. The molecule has 0 aliphatic rings. The van der Waals surface area contributed by atoms with Gasteiger partial charge in [-0.05, 0) is 49.4 Å². The molecule has 0 aliphatic carbocycles. The first-order chi connectivity index (χ1) is 14.9. The van der Waals surface area contributed by atoms with Crippen LogP contribution in [0.25, 0.3) is 11.3 Å². The SMILES string of the molecule is COc1ccc(-c2ccc(C#N)c(SCC(=O)Nc3ccc(C)c([N+](=O)[O-])c3)n2)cc1. The summed E-state index contributed by atoms with van der Waals surface area (Å²) in [7, 11) is 1.59. The van der Waals surface area contributed by atoms with Crippen molar-refractivity contribution in [2.24, 2.45) is 0 Å². The van der Waals surface area contributed by atoms with Crippen LogP contribution >= 0.6 is 11.8 Å². The number of rotatable bonds is 7. The summed E-state index contributed by atoms with van der Waals surface area (Å²) in [5, 5.41) is 23.5. The average molecular weight is 434 g/mol. The molecule has 0 bridgehead atoms. The number of carbonyl (C=O) groups excluding carboxylic acids is 1. The smallest absolute Gasteiger partial charge is 0.274 e. The number of nitrogens with one attached hydrogen (secondary N) is 1. The van der Waals surface area contributed by atoms with Crippen molar-refractivity contribution in [2.75, 3.05) is 18.2 Å². The number of hydrogen-bond donors (Lipinski definition) is 1. The molecule has 1 heterocycles. The van der Waals surface area contributed by atoms with Crippen LogP contribution in [0.15, 0.2) is 59.6 Å². The number of anilines is 1. The Morgan fingerprint density at radius 1 is 1.23 bits per heavy atom. The first-order valence-electron chi connectivity index (χ1n) is 9.14. The lowest BCUT2D eigenvalue weighted by molar-refractivity contribution is -0.385. The van der Waals surface area contributed by atoms with E-state index in [1.165, 1.54) is 6.07 Å². The number of nitriles is 1. The van der Waals surface area contributed by atoms with E-state index in [4.69, 9.17) is 4.74 Å². The predicted octanol–water partition coefficient (Wildman–Crippen LogP) is 4.58. The van der Waals surface area contributed by atoms with Gasteiger partial charge >= 0.3 is 0 Å². The minimum atomic E-state index is -0.493. The van der Waals surface area contributed by atoms with E-state index in [1.54, 1.807) is 38.3 Å². The number of methoxy groups -OCH3 is 1. The maximum atomic E-state index is 12.4. The topological polar surface area (TPSA) is 118 Å². The molecule has 0 atom stereocenters. The molecule has 1 N–H and O–H groups in total. The molecule has 3 rings (SSSR count). The second-order valence-corrected chi connectivity index (χ2v) is 7.45. The van der Waals surface area contributed by atoms with Crippen LogP contribution in [0.3, 0.4) is 0 Å². The molecule has 0 radical (unpaired) electrons. The number of nitrogens with zero attached hydrogens (tertiary/aromatic N) is 3. The zero-order valence-corrected chi connectivity index (χ0v) is 17.6. The number of aromatic nitrogens is 1. The van der Waals surface area contributed by atoms with E-state index in [0.29, 0.717) is 27.5 Å². The van der Waals surface area contributed by atoms with E-state index in [9.17, 15) is 20.2 Å². The van der Waals surface area contributed by atoms with Crippen LogP contribution in [0.4, 0.5) is 11.4 Å². The van der Waals surface area contributed by atoms with Gasteiger partial charge in [-0.15, -0.1) is 0 Å². The van der Waals surface area contributed by atoms with Crippen molar-refractivity contribution in [3.8, 4) is 23.1 Å². The van der Waals surface area contributed by atoms with Gasteiger partial charge in [0.2, 0.25) is 5.91 Å². The van der Waals surface area contributed by atoms with Gasteiger partial charge in [-0.3, -0.25) is 14.9 Å². The zero-order chi connectivity index (χ0) is 22.4. The van der Waals surface area contributed by atoms with Crippen molar-refractivity contribution < 1.29 is 14.5 Å². The lowest BCUT2D eigenvalue weighted by Gasteiger charge is -2.09. The Hall–Kier alpha value is -3.90. The van der Waals surface area contributed by atoms with Gasteiger partial charge < -0.3 is 10.1 Å². The van der Waals surface area contributed by atoms with E-state index in [1.807, 2.05) is 24.3 Å². The van der Waals surface area contributed by atoms with E-state index >= 15 is 0 Å².